The molecule has 4 N–H and O–H groups in total. The summed E-state index contributed by atoms with van der Waals surface area (Å²) in [6.45, 7) is 4.03. The zero-order chi connectivity index (χ0) is 33.8. The number of fused-ring (bicyclic) bond motifs is 2. The maximum atomic E-state index is 14.3. The van der Waals surface area contributed by atoms with Crippen LogP contribution in [-0.2, 0) is 31.8 Å². The summed E-state index contributed by atoms with van der Waals surface area (Å²) in [4.78, 5) is 43.8. The lowest BCUT2D eigenvalue weighted by molar-refractivity contribution is -0.132. The van der Waals surface area contributed by atoms with Crippen molar-refractivity contribution in [2.24, 2.45) is 5.73 Å². The summed E-state index contributed by atoms with van der Waals surface area (Å²) in [7, 11) is 1.61. The van der Waals surface area contributed by atoms with Crippen LogP contribution in [0.15, 0.2) is 66.7 Å². The summed E-state index contributed by atoms with van der Waals surface area (Å²) in [6.07, 6.45) is 1.16. The molecule has 48 heavy (non-hydrogen) atoms. The summed E-state index contributed by atoms with van der Waals surface area (Å²) >= 11 is 12.7. The minimum absolute atomic E-state index is 0. The van der Waals surface area contributed by atoms with Crippen molar-refractivity contribution in [1.82, 2.24) is 15.5 Å². The van der Waals surface area contributed by atoms with Gasteiger partial charge in [-0.25, -0.2) is 9.18 Å². The van der Waals surface area contributed by atoms with Crippen LogP contribution in [-0.4, -0.2) is 68.6 Å². The Morgan fingerprint density at radius 2 is 1.77 bits per heavy atom. The molecule has 0 radical (unpaired) electrons. The Bertz CT molecular complexity index is 1620. The second-order valence-electron chi connectivity index (χ2n) is 12.4. The number of nitrogens with one attached hydrogen (secondary N) is 2. The van der Waals surface area contributed by atoms with Crippen molar-refractivity contribution in [2.75, 3.05) is 44.7 Å². The van der Waals surface area contributed by atoms with E-state index in [1.54, 1.807) is 31.3 Å². The monoisotopic (exact) mass is 719 g/mol. The highest BCUT2D eigenvalue weighted by Gasteiger charge is 2.47. The lowest BCUT2D eigenvalue weighted by Gasteiger charge is -2.46. The molecular formula is C35H41Cl3FN5O4. The Hall–Kier alpha value is -3.41. The fraction of sp³-hybridized carbons (Fsp3) is 0.400. The average Bonchev–Trinajstić information content (AvgIpc) is 3.07. The maximum absolute atomic E-state index is 14.3. The number of rotatable bonds is 11. The summed E-state index contributed by atoms with van der Waals surface area (Å²) in [5.41, 5.74) is 6.47. The Morgan fingerprint density at radius 1 is 1.06 bits per heavy atom. The molecule has 2 aliphatic heterocycles. The SMILES string of the molecule is CN1C(=O)OC2(CCN(CC[C@@](C)(C(=O)N[C@H](Cc3ccccc3)C(=O)NCCN)c3ccc(Cl)c(Cl)c3)CC2)c2cc(F)ccc21.Cl. The highest BCUT2D eigenvalue weighted by Crippen LogP contribution is 2.45. The smallest absolute Gasteiger partial charge is 0.414 e. The predicted molar refractivity (Wildman–Crippen MR) is 188 cm³/mol. The van der Waals surface area contributed by atoms with Crippen molar-refractivity contribution in [3.8, 4) is 0 Å². The summed E-state index contributed by atoms with van der Waals surface area (Å²) < 4.78 is 20.3. The molecule has 3 aromatic rings. The molecule has 0 saturated carbocycles. The number of ether oxygens (including phenoxy) is 1. The topological polar surface area (TPSA) is 117 Å². The van der Waals surface area contributed by atoms with E-state index in [0.29, 0.717) is 72.2 Å². The van der Waals surface area contributed by atoms with Gasteiger partial charge in [-0.05, 0) is 61.3 Å². The normalized spacial score (nSPS) is 17.4. The lowest BCUT2D eigenvalue weighted by Crippen LogP contribution is -2.55. The number of nitrogens with two attached hydrogens (primary N) is 1. The first-order chi connectivity index (χ1) is 22.5. The number of amides is 3. The van der Waals surface area contributed by atoms with Gasteiger partial charge in [0.15, 0.2) is 0 Å². The number of nitrogens with zero attached hydrogens (tertiary/aromatic N) is 2. The molecule has 0 aliphatic carbocycles. The molecule has 0 aromatic heterocycles. The third kappa shape index (κ3) is 8.06. The Kier molecular flexibility index (Phi) is 12.4. The molecule has 3 aromatic carbocycles. The maximum Gasteiger partial charge on any atom is 0.414 e. The number of halogens is 4. The summed E-state index contributed by atoms with van der Waals surface area (Å²) in [6, 6.07) is 18.2. The number of hydrogen-bond acceptors (Lipinski definition) is 6. The van der Waals surface area contributed by atoms with Gasteiger partial charge in [0.25, 0.3) is 0 Å². The first kappa shape index (κ1) is 37.4. The van der Waals surface area contributed by atoms with Gasteiger partial charge in [0.05, 0.1) is 21.1 Å². The van der Waals surface area contributed by atoms with Gasteiger partial charge in [-0.1, -0.05) is 59.6 Å². The second kappa shape index (κ2) is 15.9. The van der Waals surface area contributed by atoms with E-state index in [1.807, 2.05) is 37.3 Å². The highest BCUT2D eigenvalue weighted by atomic mass is 35.5. The van der Waals surface area contributed by atoms with Crippen molar-refractivity contribution in [2.45, 2.75) is 49.7 Å². The largest absolute Gasteiger partial charge is 0.437 e. The van der Waals surface area contributed by atoms with Gasteiger partial charge in [-0.3, -0.25) is 14.5 Å². The molecule has 2 atom stereocenters. The molecule has 1 saturated heterocycles. The highest BCUT2D eigenvalue weighted by molar-refractivity contribution is 6.42. The Morgan fingerprint density at radius 3 is 2.44 bits per heavy atom. The van der Waals surface area contributed by atoms with Gasteiger partial charge in [-0.2, -0.15) is 0 Å². The van der Waals surface area contributed by atoms with Crippen molar-refractivity contribution in [3.63, 3.8) is 0 Å². The number of carbonyl (C=O) groups is 3. The zero-order valence-electron chi connectivity index (χ0n) is 26.9. The summed E-state index contributed by atoms with van der Waals surface area (Å²) in [5.74, 6) is -1.04. The van der Waals surface area contributed by atoms with E-state index >= 15 is 0 Å². The number of hydrogen-bond donors (Lipinski definition) is 3. The van der Waals surface area contributed by atoms with Crippen LogP contribution in [0.4, 0.5) is 14.9 Å². The predicted octanol–water partition coefficient (Wildman–Crippen LogP) is 5.58. The number of likely N-dealkylation sites (tertiary alicyclic amines) is 1. The Labute approximate surface area is 296 Å². The fourth-order valence-corrected chi connectivity index (χ4v) is 6.67. The molecule has 9 nitrogen and oxygen atoms in total. The molecule has 3 amide bonds. The number of piperidine rings is 1. The van der Waals surface area contributed by atoms with Crippen LogP contribution in [0.5, 0.6) is 0 Å². The second-order valence-corrected chi connectivity index (χ2v) is 13.2. The van der Waals surface area contributed by atoms with Gasteiger partial charge < -0.3 is 26.0 Å². The van der Waals surface area contributed by atoms with Gasteiger partial charge in [0.2, 0.25) is 11.8 Å². The molecule has 1 spiro atoms. The van der Waals surface area contributed by atoms with Gasteiger partial charge in [0, 0.05) is 58.1 Å². The minimum atomic E-state index is -1.10. The van der Waals surface area contributed by atoms with E-state index in [0.717, 1.165) is 5.56 Å². The molecule has 258 valence electrons. The van der Waals surface area contributed by atoms with Crippen molar-refractivity contribution >= 4 is 59.2 Å². The van der Waals surface area contributed by atoms with Gasteiger partial charge in [-0.15, -0.1) is 12.4 Å². The number of carbonyl (C=O) groups excluding carboxylic acids is 3. The molecule has 2 aliphatic rings. The quantitative estimate of drug-likeness (QED) is 0.238. The fourth-order valence-electron chi connectivity index (χ4n) is 6.37. The minimum Gasteiger partial charge on any atom is -0.437 e. The third-order valence-electron chi connectivity index (χ3n) is 9.37. The van der Waals surface area contributed by atoms with E-state index in [4.69, 9.17) is 33.7 Å². The van der Waals surface area contributed by atoms with Crippen molar-refractivity contribution in [1.29, 1.82) is 0 Å². The summed E-state index contributed by atoms with van der Waals surface area (Å²) in [5, 5.41) is 6.52. The van der Waals surface area contributed by atoms with Crippen LogP contribution < -0.4 is 21.3 Å². The Balaban J connectivity index is 0.00000520. The van der Waals surface area contributed by atoms with E-state index in [9.17, 15) is 18.8 Å². The van der Waals surface area contributed by atoms with Crippen LogP contribution in [0.1, 0.15) is 42.9 Å². The number of benzene rings is 3. The first-order valence-electron chi connectivity index (χ1n) is 15.7. The van der Waals surface area contributed by atoms with Gasteiger partial charge >= 0.3 is 6.09 Å². The molecule has 0 unspecified atom stereocenters. The van der Waals surface area contributed by atoms with Crippen molar-refractivity contribution in [3.05, 3.63) is 99.3 Å². The van der Waals surface area contributed by atoms with Crippen LogP contribution >= 0.6 is 35.6 Å². The molecule has 13 heteroatoms. The first-order valence-corrected chi connectivity index (χ1v) is 16.5. The van der Waals surface area contributed by atoms with E-state index in [2.05, 4.69) is 15.5 Å². The average molecular weight is 721 g/mol. The van der Waals surface area contributed by atoms with Crippen LogP contribution in [0, 0.1) is 5.82 Å². The third-order valence-corrected chi connectivity index (χ3v) is 10.1. The molecule has 5 rings (SSSR count). The standard InChI is InChI=1S/C35H40Cl2FN5O4.ClH/c1-34(24-8-10-27(36)28(37)21-24,32(45)41-29(31(44)40-16-15-39)20-23-6-4-3-5-7-23)12-17-43-18-13-35(14-19-43)26-22-25(38)9-11-30(26)42(2)33(46)47-35;/h3-11,21-22,29H,12-20,39H2,1-2H3,(H,40,44)(H,41,45);1H/t29-,34-;/m1./s1. The molecule has 2 heterocycles. The number of anilines is 1. The van der Waals surface area contributed by atoms with Crippen LogP contribution in [0.2, 0.25) is 10.0 Å². The molecule has 0 bridgehead atoms. The van der Waals surface area contributed by atoms with E-state index in [-0.39, 0.29) is 43.1 Å². The van der Waals surface area contributed by atoms with Gasteiger partial charge in [0.1, 0.15) is 17.5 Å². The molecule has 1 fully saturated rings. The lowest BCUT2D eigenvalue weighted by atomic mass is 9.77. The van der Waals surface area contributed by atoms with Crippen LogP contribution in [0.3, 0.4) is 0 Å². The van der Waals surface area contributed by atoms with E-state index < -0.39 is 23.2 Å². The van der Waals surface area contributed by atoms with E-state index in [1.165, 1.54) is 17.0 Å². The zero-order valence-corrected chi connectivity index (χ0v) is 29.3. The van der Waals surface area contributed by atoms with Crippen molar-refractivity contribution < 1.29 is 23.5 Å². The van der Waals surface area contributed by atoms with Crippen LogP contribution in [0.25, 0.3) is 0 Å². The molecular weight excluding hydrogens is 680 g/mol.